The van der Waals surface area contributed by atoms with E-state index in [0.717, 1.165) is 6.42 Å². The normalized spacial score (nSPS) is 22.0. The fourth-order valence-electron chi connectivity index (χ4n) is 3.97. The lowest BCUT2D eigenvalue weighted by atomic mass is 9.91. The van der Waals surface area contributed by atoms with Crippen LogP contribution in [0.5, 0.6) is 11.5 Å². The van der Waals surface area contributed by atoms with Crippen molar-refractivity contribution in [3.63, 3.8) is 0 Å². The molecule has 1 fully saturated rings. The van der Waals surface area contributed by atoms with Crippen molar-refractivity contribution in [1.29, 1.82) is 0 Å². The molecule has 1 saturated heterocycles. The van der Waals surface area contributed by atoms with Crippen LogP contribution in [0.4, 0.5) is 0 Å². The molecule has 2 aliphatic heterocycles. The smallest absolute Gasteiger partial charge is 0.307 e. The van der Waals surface area contributed by atoms with Crippen molar-refractivity contribution < 1.29 is 32.2 Å². The van der Waals surface area contributed by atoms with Gasteiger partial charge in [0, 0.05) is 25.7 Å². The van der Waals surface area contributed by atoms with E-state index in [-0.39, 0.29) is 23.8 Å². The summed E-state index contributed by atoms with van der Waals surface area (Å²) < 4.78 is 43.3. The van der Waals surface area contributed by atoms with Crippen LogP contribution in [0.2, 0.25) is 0 Å². The molecule has 9 nitrogen and oxygen atoms in total. The number of carbonyl (C=O) groups is 2. The summed E-state index contributed by atoms with van der Waals surface area (Å²) in [7, 11) is -3.83. The van der Waals surface area contributed by atoms with E-state index in [9.17, 15) is 18.0 Å². The number of carbonyl (C=O) groups excluding carboxylic acids is 2. The molecule has 0 aliphatic carbocycles. The molecule has 0 bridgehead atoms. The highest BCUT2D eigenvalue weighted by atomic mass is 32.2. The Morgan fingerprint density at radius 1 is 1.16 bits per heavy atom. The Morgan fingerprint density at radius 3 is 2.48 bits per heavy atom. The molecule has 0 spiro atoms. The maximum absolute atomic E-state index is 12.6. The summed E-state index contributed by atoms with van der Waals surface area (Å²) >= 11 is 0. The molecular formula is C21H30N2O7S. The Balaban J connectivity index is 1.47. The number of nitrogens with one attached hydrogen (secondary N) is 1. The summed E-state index contributed by atoms with van der Waals surface area (Å²) in [5.41, 5.74) is 0. The molecule has 2 heterocycles. The van der Waals surface area contributed by atoms with Gasteiger partial charge in [0.05, 0.1) is 11.3 Å². The van der Waals surface area contributed by atoms with Crippen LogP contribution < -0.4 is 14.2 Å². The summed E-state index contributed by atoms with van der Waals surface area (Å²) in [4.78, 5) is 26.4. The first-order chi connectivity index (χ1) is 14.7. The average molecular weight is 455 g/mol. The van der Waals surface area contributed by atoms with E-state index >= 15 is 0 Å². The van der Waals surface area contributed by atoms with E-state index in [1.165, 1.54) is 18.2 Å². The predicted molar refractivity (Wildman–Crippen MR) is 112 cm³/mol. The second-order valence-electron chi connectivity index (χ2n) is 8.27. The predicted octanol–water partition coefficient (Wildman–Crippen LogP) is 1.56. The lowest BCUT2D eigenvalue weighted by molar-refractivity contribution is -0.160. The minimum Gasteiger partial charge on any atom is -0.486 e. The number of benzene rings is 1. The third kappa shape index (κ3) is 6.10. The molecule has 0 aromatic heterocycles. The SMILES string of the molecule is C[C@H]1C[C@H](C)CN(C(=O)[C@@H](C)OC(=O)CCNS(=O)(=O)c2ccc3c(c2)OCCO3)C1. The summed E-state index contributed by atoms with van der Waals surface area (Å²) in [6.07, 6.45) is -0.0187. The number of rotatable bonds is 7. The first kappa shape index (κ1) is 23.3. The molecule has 1 amide bonds. The third-order valence-corrected chi connectivity index (χ3v) is 6.74. The molecule has 0 unspecified atom stereocenters. The zero-order chi connectivity index (χ0) is 22.6. The lowest BCUT2D eigenvalue weighted by Crippen LogP contribution is -2.47. The number of sulfonamides is 1. The van der Waals surface area contributed by atoms with Gasteiger partial charge in [0.15, 0.2) is 17.6 Å². The fraction of sp³-hybridized carbons (Fsp3) is 0.619. The van der Waals surface area contributed by atoms with Gasteiger partial charge in [-0.25, -0.2) is 13.1 Å². The van der Waals surface area contributed by atoms with Gasteiger partial charge in [-0.1, -0.05) is 13.8 Å². The van der Waals surface area contributed by atoms with E-state index in [4.69, 9.17) is 14.2 Å². The summed E-state index contributed by atoms with van der Waals surface area (Å²) in [6.45, 7) is 7.66. The Bertz CT molecular complexity index is 908. The van der Waals surface area contributed by atoms with E-state index in [0.29, 0.717) is 49.6 Å². The Hall–Kier alpha value is -2.33. The summed E-state index contributed by atoms with van der Waals surface area (Å²) in [5.74, 6) is 0.815. The minimum absolute atomic E-state index is 0.0157. The van der Waals surface area contributed by atoms with Crippen LogP contribution in [-0.2, 0) is 24.3 Å². The first-order valence-electron chi connectivity index (χ1n) is 10.5. The van der Waals surface area contributed by atoms with Gasteiger partial charge in [-0.3, -0.25) is 9.59 Å². The molecule has 2 aliphatic rings. The zero-order valence-corrected chi connectivity index (χ0v) is 18.9. The number of esters is 1. The van der Waals surface area contributed by atoms with Gasteiger partial charge in [0.2, 0.25) is 10.0 Å². The highest BCUT2D eigenvalue weighted by molar-refractivity contribution is 7.89. The zero-order valence-electron chi connectivity index (χ0n) is 18.1. The Labute approximate surface area is 183 Å². The Kier molecular flexibility index (Phi) is 7.42. The number of ether oxygens (including phenoxy) is 3. The van der Waals surface area contributed by atoms with Crippen molar-refractivity contribution >= 4 is 21.9 Å². The highest BCUT2D eigenvalue weighted by Gasteiger charge is 2.30. The number of likely N-dealkylation sites (tertiary alicyclic amines) is 1. The maximum atomic E-state index is 12.6. The van der Waals surface area contributed by atoms with Crippen LogP contribution in [0.25, 0.3) is 0 Å². The second-order valence-corrected chi connectivity index (χ2v) is 10.0. The number of piperidine rings is 1. The molecule has 0 saturated carbocycles. The number of hydrogen-bond acceptors (Lipinski definition) is 7. The van der Waals surface area contributed by atoms with Crippen LogP contribution in [-0.4, -0.2) is 64.1 Å². The molecule has 172 valence electrons. The molecule has 1 aromatic carbocycles. The van der Waals surface area contributed by atoms with Gasteiger partial charge in [-0.2, -0.15) is 0 Å². The molecule has 1 N–H and O–H groups in total. The van der Waals surface area contributed by atoms with Crippen LogP contribution in [0.3, 0.4) is 0 Å². The molecule has 31 heavy (non-hydrogen) atoms. The van der Waals surface area contributed by atoms with Gasteiger partial charge < -0.3 is 19.1 Å². The van der Waals surface area contributed by atoms with Crippen molar-refractivity contribution in [3.05, 3.63) is 18.2 Å². The number of fused-ring (bicyclic) bond motifs is 1. The molecule has 3 rings (SSSR count). The van der Waals surface area contributed by atoms with Crippen LogP contribution in [0.1, 0.15) is 33.6 Å². The van der Waals surface area contributed by atoms with Crippen molar-refractivity contribution in [2.75, 3.05) is 32.8 Å². The third-order valence-electron chi connectivity index (χ3n) is 5.28. The largest absolute Gasteiger partial charge is 0.486 e. The number of hydrogen-bond donors (Lipinski definition) is 1. The van der Waals surface area contributed by atoms with Crippen LogP contribution in [0.15, 0.2) is 23.1 Å². The van der Waals surface area contributed by atoms with Gasteiger partial charge in [-0.15, -0.1) is 0 Å². The number of amides is 1. The summed E-state index contributed by atoms with van der Waals surface area (Å²) in [6, 6.07) is 4.33. The quantitative estimate of drug-likeness (QED) is 0.623. The van der Waals surface area contributed by atoms with Crippen LogP contribution in [0, 0.1) is 11.8 Å². The molecule has 3 atom stereocenters. The van der Waals surface area contributed by atoms with Crippen LogP contribution >= 0.6 is 0 Å². The van der Waals surface area contributed by atoms with Crippen molar-refractivity contribution in [3.8, 4) is 11.5 Å². The first-order valence-corrected chi connectivity index (χ1v) is 12.0. The van der Waals surface area contributed by atoms with Crippen molar-refractivity contribution in [1.82, 2.24) is 9.62 Å². The van der Waals surface area contributed by atoms with Crippen molar-refractivity contribution in [2.45, 2.75) is 44.6 Å². The van der Waals surface area contributed by atoms with E-state index in [2.05, 4.69) is 18.6 Å². The number of nitrogens with zero attached hydrogens (tertiary/aromatic N) is 1. The van der Waals surface area contributed by atoms with E-state index in [1.807, 2.05) is 0 Å². The van der Waals surface area contributed by atoms with Crippen molar-refractivity contribution in [2.24, 2.45) is 11.8 Å². The molecule has 10 heteroatoms. The topological polar surface area (TPSA) is 111 Å². The van der Waals surface area contributed by atoms with Gasteiger partial charge in [-0.05, 0) is 37.3 Å². The fourth-order valence-corrected chi connectivity index (χ4v) is 5.01. The van der Waals surface area contributed by atoms with Gasteiger partial charge in [0.25, 0.3) is 5.91 Å². The standard InChI is InChI=1S/C21H30N2O7S/c1-14-10-15(2)13-23(12-14)21(25)16(3)30-20(24)6-7-22-31(26,27)17-4-5-18-19(11-17)29-9-8-28-18/h4-5,11,14-16,22H,6-10,12-13H2,1-3H3/t14-,15-,16+/m0/s1. The lowest BCUT2D eigenvalue weighted by Gasteiger charge is -2.36. The summed E-state index contributed by atoms with van der Waals surface area (Å²) in [5, 5.41) is 0. The average Bonchev–Trinajstić information content (AvgIpc) is 2.71. The maximum Gasteiger partial charge on any atom is 0.307 e. The minimum atomic E-state index is -3.83. The van der Waals surface area contributed by atoms with Gasteiger partial charge >= 0.3 is 5.97 Å². The van der Waals surface area contributed by atoms with Gasteiger partial charge in [0.1, 0.15) is 13.2 Å². The molecule has 1 aromatic rings. The monoisotopic (exact) mass is 454 g/mol. The Morgan fingerprint density at radius 2 is 1.81 bits per heavy atom. The van der Waals surface area contributed by atoms with E-state index in [1.54, 1.807) is 11.8 Å². The highest BCUT2D eigenvalue weighted by Crippen LogP contribution is 2.32. The molecular weight excluding hydrogens is 424 g/mol. The van der Waals surface area contributed by atoms with E-state index < -0.39 is 22.1 Å². The molecule has 0 radical (unpaired) electrons. The second kappa shape index (κ2) is 9.86.